The van der Waals surface area contributed by atoms with E-state index in [9.17, 15) is 0 Å². The molecule has 1 heterocycles. The SMILES string of the molecule is CC1(CNc2cncc(N)c2)CCC1. The van der Waals surface area contributed by atoms with Crippen LogP contribution >= 0.6 is 0 Å². The van der Waals surface area contributed by atoms with E-state index in [0.717, 1.165) is 12.2 Å². The molecule has 3 nitrogen and oxygen atoms in total. The Kier molecular flexibility index (Phi) is 2.32. The van der Waals surface area contributed by atoms with Crippen molar-refractivity contribution in [1.82, 2.24) is 4.98 Å². The molecule has 0 aromatic carbocycles. The number of nitrogen functional groups attached to an aromatic ring is 1. The molecule has 0 spiro atoms. The zero-order valence-electron chi connectivity index (χ0n) is 8.59. The van der Waals surface area contributed by atoms with Gasteiger partial charge in [0.25, 0.3) is 0 Å². The van der Waals surface area contributed by atoms with Crippen LogP contribution in [0.5, 0.6) is 0 Å². The molecule has 0 saturated heterocycles. The Bertz CT molecular complexity index is 318. The minimum Gasteiger partial charge on any atom is -0.397 e. The highest BCUT2D eigenvalue weighted by atomic mass is 14.9. The average Bonchev–Trinajstić information content (AvgIpc) is 2.12. The highest BCUT2D eigenvalue weighted by Gasteiger charge is 2.31. The Morgan fingerprint density at radius 2 is 2.29 bits per heavy atom. The van der Waals surface area contributed by atoms with Crippen LogP contribution in [0.4, 0.5) is 11.4 Å². The summed E-state index contributed by atoms with van der Waals surface area (Å²) < 4.78 is 0. The van der Waals surface area contributed by atoms with E-state index >= 15 is 0 Å². The van der Waals surface area contributed by atoms with Crippen LogP contribution in [0.3, 0.4) is 0 Å². The summed E-state index contributed by atoms with van der Waals surface area (Å²) in [5, 5.41) is 3.39. The lowest BCUT2D eigenvalue weighted by atomic mass is 9.70. The third-order valence-corrected chi connectivity index (χ3v) is 3.04. The van der Waals surface area contributed by atoms with Gasteiger partial charge in [-0.3, -0.25) is 4.98 Å². The molecule has 0 aliphatic heterocycles. The first kappa shape index (κ1) is 9.31. The van der Waals surface area contributed by atoms with Crippen LogP contribution in [0.2, 0.25) is 0 Å². The van der Waals surface area contributed by atoms with Crippen LogP contribution in [-0.2, 0) is 0 Å². The predicted octanol–water partition coefficient (Wildman–Crippen LogP) is 2.27. The van der Waals surface area contributed by atoms with Crippen molar-refractivity contribution in [1.29, 1.82) is 0 Å². The fourth-order valence-electron chi connectivity index (χ4n) is 1.83. The van der Waals surface area contributed by atoms with E-state index in [1.54, 1.807) is 6.20 Å². The molecule has 76 valence electrons. The first-order valence-electron chi connectivity index (χ1n) is 5.12. The molecule has 2 rings (SSSR count). The van der Waals surface area contributed by atoms with E-state index in [1.807, 2.05) is 12.3 Å². The van der Waals surface area contributed by atoms with Crippen molar-refractivity contribution >= 4 is 11.4 Å². The molecular formula is C11H17N3. The van der Waals surface area contributed by atoms with Crippen molar-refractivity contribution in [2.24, 2.45) is 5.41 Å². The van der Waals surface area contributed by atoms with Gasteiger partial charge in [-0.25, -0.2) is 0 Å². The van der Waals surface area contributed by atoms with Crippen LogP contribution < -0.4 is 11.1 Å². The Hall–Kier alpha value is -1.25. The molecule has 0 amide bonds. The number of hydrogen-bond donors (Lipinski definition) is 2. The fraction of sp³-hybridized carbons (Fsp3) is 0.545. The zero-order chi connectivity index (χ0) is 10.0. The summed E-state index contributed by atoms with van der Waals surface area (Å²) in [6.07, 6.45) is 7.51. The van der Waals surface area contributed by atoms with Crippen LogP contribution in [0.1, 0.15) is 26.2 Å². The van der Waals surface area contributed by atoms with E-state index in [1.165, 1.54) is 19.3 Å². The summed E-state index contributed by atoms with van der Waals surface area (Å²) >= 11 is 0. The number of nitrogens with zero attached hydrogens (tertiary/aromatic N) is 1. The Morgan fingerprint density at radius 1 is 1.50 bits per heavy atom. The Balaban J connectivity index is 1.91. The van der Waals surface area contributed by atoms with Gasteiger partial charge in [0.05, 0.1) is 17.6 Å². The normalized spacial score (nSPS) is 18.6. The van der Waals surface area contributed by atoms with Gasteiger partial charge in [0.1, 0.15) is 0 Å². The maximum absolute atomic E-state index is 5.64. The first-order valence-corrected chi connectivity index (χ1v) is 5.12. The number of nitrogens with one attached hydrogen (secondary N) is 1. The maximum Gasteiger partial charge on any atom is 0.0547 e. The molecule has 3 heteroatoms. The summed E-state index contributed by atoms with van der Waals surface area (Å²) in [5.74, 6) is 0. The maximum atomic E-state index is 5.64. The molecule has 1 aliphatic carbocycles. The minimum absolute atomic E-state index is 0.491. The molecule has 1 saturated carbocycles. The highest BCUT2D eigenvalue weighted by molar-refractivity contribution is 5.51. The third kappa shape index (κ3) is 1.97. The lowest BCUT2D eigenvalue weighted by Crippen LogP contribution is -2.33. The third-order valence-electron chi connectivity index (χ3n) is 3.04. The molecule has 0 unspecified atom stereocenters. The molecule has 1 aromatic rings. The van der Waals surface area contributed by atoms with Crippen molar-refractivity contribution in [3.05, 3.63) is 18.5 Å². The van der Waals surface area contributed by atoms with Gasteiger partial charge in [-0.2, -0.15) is 0 Å². The van der Waals surface area contributed by atoms with Crippen LogP contribution in [0, 0.1) is 5.41 Å². The number of aromatic nitrogens is 1. The lowest BCUT2D eigenvalue weighted by Gasteiger charge is -2.38. The van der Waals surface area contributed by atoms with E-state index in [2.05, 4.69) is 17.2 Å². The lowest BCUT2D eigenvalue weighted by molar-refractivity contribution is 0.180. The first-order chi connectivity index (χ1) is 6.68. The van der Waals surface area contributed by atoms with Gasteiger partial charge >= 0.3 is 0 Å². The van der Waals surface area contributed by atoms with Gasteiger partial charge in [0.15, 0.2) is 0 Å². The van der Waals surface area contributed by atoms with E-state index in [0.29, 0.717) is 11.1 Å². The Morgan fingerprint density at radius 3 is 2.86 bits per heavy atom. The topological polar surface area (TPSA) is 50.9 Å². The number of nitrogens with two attached hydrogens (primary N) is 1. The summed E-state index contributed by atoms with van der Waals surface area (Å²) in [7, 11) is 0. The van der Waals surface area contributed by atoms with Gasteiger partial charge in [-0.1, -0.05) is 13.3 Å². The van der Waals surface area contributed by atoms with Crippen LogP contribution in [0.25, 0.3) is 0 Å². The van der Waals surface area contributed by atoms with Crippen molar-refractivity contribution in [3.63, 3.8) is 0 Å². The molecule has 1 aliphatic rings. The molecule has 14 heavy (non-hydrogen) atoms. The standard InChI is InChI=1S/C11H17N3/c1-11(3-2-4-11)8-14-10-5-9(12)6-13-7-10/h5-7,14H,2-4,8,12H2,1H3. The van der Waals surface area contributed by atoms with Gasteiger partial charge in [0.2, 0.25) is 0 Å². The van der Waals surface area contributed by atoms with Gasteiger partial charge in [-0.15, -0.1) is 0 Å². The molecule has 0 bridgehead atoms. The van der Waals surface area contributed by atoms with Gasteiger partial charge in [0, 0.05) is 12.7 Å². The number of hydrogen-bond acceptors (Lipinski definition) is 3. The highest BCUT2D eigenvalue weighted by Crippen LogP contribution is 2.40. The molecule has 0 radical (unpaired) electrons. The molecule has 1 aromatic heterocycles. The van der Waals surface area contributed by atoms with Crippen LogP contribution in [-0.4, -0.2) is 11.5 Å². The second-order valence-corrected chi connectivity index (χ2v) is 4.52. The quantitative estimate of drug-likeness (QED) is 0.770. The monoisotopic (exact) mass is 191 g/mol. The summed E-state index contributed by atoms with van der Waals surface area (Å²) in [5.41, 5.74) is 7.88. The molecule has 0 atom stereocenters. The number of rotatable bonds is 3. The average molecular weight is 191 g/mol. The van der Waals surface area contributed by atoms with Gasteiger partial charge in [-0.05, 0) is 24.3 Å². The second kappa shape index (κ2) is 3.48. The summed E-state index contributed by atoms with van der Waals surface area (Å²) in [6, 6.07) is 1.93. The molecule has 1 fully saturated rings. The number of pyridine rings is 1. The van der Waals surface area contributed by atoms with Crippen LogP contribution in [0.15, 0.2) is 18.5 Å². The fourth-order valence-corrected chi connectivity index (χ4v) is 1.83. The van der Waals surface area contributed by atoms with E-state index in [4.69, 9.17) is 5.73 Å². The van der Waals surface area contributed by atoms with E-state index < -0.39 is 0 Å². The number of anilines is 2. The molecule has 3 N–H and O–H groups in total. The van der Waals surface area contributed by atoms with Crippen molar-refractivity contribution in [2.45, 2.75) is 26.2 Å². The second-order valence-electron chi connectivity index (χ2n) is 4.52. The van der Waals surface area contributed by atoms with E-state index in [-0.39, 0.29) is 0 Å². The summed E-state index contributed by atoms with van der Waals surface area (Å²) in [6.45, 7) is 3.35. The minimum atomic E-state index is 0.491. The smallest absolute Gasteiger partial charge is 0.0547 e. The zero-order valence-corrected chi connectivity index (χ0v) is 8.59. The summed E-state index contributed by atoms with van der Waals surface area (Å²) in [4.78, 5) is 4.04. The van der Waals surface area contributed by atoms with Crippen molar-refractivity contribution in [3.8, 4) is 0 Å². The van der Waals surface area contributed by atoms with Gasteiger partial charge < -0.3 is 11.1 Å². The van der Waals surface area contributed by atoms with Crippen molar-refractivity contribution in [2.75, 3.05) is 17.6 Å². The predicted molar refractivity (Wildman–Crippen MR) is 59.1 cm³/mol. The van der Waals surface area contributed by atoms with Crippen molar-refractivity contribution < 1.29 is 0 Å². The Labute approximate surface area is 84.7 Å². The molecular weight excluding hydrogens is 174 g/mol. The largest absolute Gasteiger partial charge is 0.397 e.